The molecule has 2 aromatic carbocycles. The minimum atomic E-state index is -3.44. The van der Waals surface area contributed by atoms with Crippen LogP contribution < -0.4 is 5.32 Å². The predicted molar refractivity (Wildman–Crippen MR) is 131 cm³/mol. The zero-order valence-electron chi connectivity index (χ0n) is 19.8. The minimum Gasteiger partial charge on any atom is -0.444 e. The molecule has 0 aromatic heterocycles. The standard InChI is InChI=1S/C26H33N3O5S/c30-26(34-23-12-14-33-19-23)27-25(20-7-3-1-4-8-20)11-13-28-15-21-17-29(18-22(21)16-28)35(31,32)24-9-5-2-6-10-24/h1-10,21-23,25H,11-19H2,(H,27,30)/t21-,22?,23?,25?/m0/s1. The number of carbonyl (C=O) groups is 1. The monoisotopic (exact) mass is 499 g/mol. The highest BCUT2D eigenvalue weighted by molar-refractivity contribution is 7.89. The normalized spacial score (nSPS) is 25.9. The number of amides is 1. The molecular formula is C26H33N3O5S. The van der Waals surface area contributed by atoms with Crippen molar-refractivity contribution < 1.29 is 22.7 Å². The summed E-state index contributed by atoms with van der Waals surface area (Å²) in [6, 6.07) is 18.5. The van der Waals surface area contributed by atoms with E-state index >= 15 is 0 Å². The van der Waals surface area contributed by atoms with Crippen molar-refractivity contribution in [2.45, 2.75) is 29.9 Å². The second-order valence-corrected chi connectivity index (χ2v) is 11.6. The summed E-state index contributed by atoms with van der Waals surface area (Å²) in [5.74, 6) is 0.674. The van der Waals surface area contributed by atoms with Crippen molar-refractivity contribution in [2.24, 2.45) is 11.8 Å². The molecule has 1 N–H and O–H groups in total. The van der Waals surface area contributed by atoms with Gasteiger partial charge in [-0.1, -0.05) is 48.5 Å². The molecule has 5 rings (SSSR count). The fraction of sp³-hybridized carbons (Fsp3) is 0.500. The Hall–Kier alpha value is -2.46. The van der Waals surface area contributed by atoms with Gasteiger partial charge in [-0.3, -0.25) is 0 Å². The first-order valence-corrected chi connectivity index (χ1v) is 13.8. The summed E-state index contributed by atoms with van der Waals surface area (Å²) >= 11 is 0. The second-order valence-electron chi connectivity index (χ2n) is 9.70. The van der Waals surface area contributed by atoms with E-state index in [1.165, 1.54) is 0 Å². The Morgan fingerprint density at radius 1 is 1.00 bits per heavy atom. The highest BCUT2D eigenvalue weighted by Crippen LogP contribution is 2.34. The molecule has 9 heteroatoms. The molecule has 3 fully saturated rings. The van der Waals surface area contributed by atoms with E-state index in [2.05, 4.69) is 10.2 Å². The van der Waals surface area contributed by atoms with Crippen LogP contribution in [0.5, 0.6) is 0 Å². The van der Waals surface area contributed by atoms with Crippen LogP contribution in [-0.4, -0.2) is 75.8 Å². The third-order valence-electron chi connectivity index (χ3n) is 7.30. The number of alkyl carbamates (subject to hydrolysis) is 1. The van der Waals surface area contributed by atoms with Crippen LogP contribution in [-0.2, 0) is 19.5 Å². The number of benzene rings is 2. The van der Waals surface area contributed by atoms with E-state index in [0.29, 0.717) is 43.0 Å². The lowest BCUT2D eigenvalue weighted by Crippen LogP contribution is -2.36. The summed E-state index contributed by atoms with van der Waals surface area (Å²) in [6.07, 6.45) is 0.900. The topological polar surface area (TPSA) is 88.2 Å². The largest absolute Gasteiger partial charge is 0.444 e. The Morgan fingerprint density at radius 2 is 1.66 bits per heavy atom. The maximum Gasteiger partial charge on any atom is 0.407 e. The molecule has 0 bridgehead atoms. The molecule has 3 heterocycles. The molecule has 3 unspecified atom stereocenters. The number of hydrogen-bond acceptors (Lipinski definition) is 6. The molecule has 0 saturated carbocycles. The Balaban J connectivity index is 1.16. The number of carbonyl (C=O) groups excluding carboxylic acids is 1. The predicted octanol–water partition coefficient (Wildman–Crippen LogP) is 2.89. The van der Waals surface area contributed by atoms with Gasteiger partial charge in [-0.25, -0.2) is 13.2 Å². The third kappa shape index (κ3) is 5.69. The van der Waals surface area contributed by atoms with Crippen molar-refractivity contribution in [2.75, 3.05) is 45.9 Å². The average Bonchev–Trinajstić information content (AvgIpc) is 3.60. The number of likely N-dealkylation sites (tertiary alicyclic amines) is 1. The van der Waals surface area contributed by atoms with E-state index in [4.69, 9.17) is 9.47 Å². The summed E-state index contributed by atoms with van der Waals surface area (Å²) in [7, 11) is -3.44. The average molecular weight is 500 g/mol. The molecule has 35 heavy (non-hydrogen) atoms. The molecule has 0 spiro atoms. The molecule has 0 radical (unpaired) electrons. The van der Waals surface area contributed by atoms with Crippen LogP contribution in [0, 0.1) is 11.8 Å². The molecule has 2 aromatic rings. The van der Waals surface area contributed by atoms with Crippen molar-refractivity contribution in [3.63, 3.8) is 0 Å². The van der Waals surface area contributed by atoms with Crippen LogP contribution >= 0.6 is 0 Å². The zero-order valence-corrected chi connectivity index (χ0v) is 20.6. The van der Waals surface area contributed by atoms with Gasteiger partial charge >= 0.3 is 6.09 Å². The summed E-state index contributed by atoms with van der Waals surface area (Å²) in [5, 5.41) is 3.05. The van der Waals surface area contributed by atoms with Crippen molar-refractivity contribution >= 4 is 16.1 Å². The van der Waals surface area contributed by atoms with Gasteiger partial charge in [-0.05, 0) is 36.0 Å². The van der Waals surface area contributed by atoms with E-state index in [-0.39, 0.29) is 12.1 Å². The first-order valence-electron chi connectivity index (χ1n) is 12.4. The molecule has 8 nitrogen and oxygen atoms in total. The first-order chi connectivity index (χ1) is 17.0. The van der Waals surface area contributed by atoms with Crippen molar-refractivity contribution in [1.29, 1.82) is 0 Å². The molecule has 0 aliphatic carbocycles. The second kappa shape index (κ2) is 10.7. The van der Waals surface area contributed by atoms with Gasteiger partial charge in [0.15, 0.2) is 0 Å². The fourth-order valence-corrected chi connectivity index (χ4v) is 6.99. The van der Waals surface area contributed by atoms with Crippen LogP contribution in [0.2, 0.25) is 0 Å². The quantitative estimate of drug-likeness (QED) is 0.601. The number of fused-ring (bicyclic) bond motifs is 1. The first kappa shape index (κ1) is 24.2. The Bertz CT molecular complexity index is 1080. The molecule has 3 saturated heterocycles. The molecule has 188 valence electrons. The summed E-state index contributed by atoms with van der Waals surface area (Å²) < 4.78 is 38.5. The van der Waals surface area contributed by atoms with Gasteiger partial charge in [0.2, 0.25) is 10.0 Å². The lowest BCUT2D eigenvalue weighted by Gasteiger charge is -2.25. The van der Waals surface area contributed by atoms with E-state index in [0.717, 1.165) is 38.0 Å². The van der Waals surface area contributed by atoms with Gasteiger partial charge in [0.1, 0.15) is 6.10 Å². The van der Waals surface area contributed by atoms with Gasteiger partial charge in [0, 0.05) is 39.1 Å². The van der Waals surface area contributed by atoms with Crippen LogP contribution in [0.4, 0.5) is 4.79 Å². The number of sulfonamides is 1. The number of rotatable bonds is 8. The number of hydrogen-bond donors (Lipinski definition) is 1. The lowest BCUT2D eigenvalue weighted by atomic mass is 10.0. The summed E-state index contributed by atoms with van der Waals surface area (Å²) in [6.45, 7) is 4.78. The number of nitrogens with one attached hydrogen (secondary N) is 1. The molecule has 3 aliphatic rings. The highest BCUT2D eigenvalue weighted by atomic mass is 32.2. The molecular weight excluding hydrogens is 466 g/mol. The van der Waals surface area contributed by atoms with E-state index < -0.39 is 16.1 Å². The Morgan fingerprint density at radius 3 is 2.29 bits per heavy atom. The van der Waals surface area contributed by atoms with E-state index in [1.807, 2.05) is 36.4 Å². The van der Waals surface area contributed by atoms with Gasteiger partial charge in [0.05, 0.1) is 24.2 Å². The SMILES string of the molecule is O=C(NC(CCN1CC2CN(S(=O)(=O)c3ccccc3)C[C@@H]2C1)c1ccccc1)OC1CCOC1. The highest BCUT2D eigenvalue weighted by Gasteiger charge is 2.44. The molecule has 4 atom stereocenters. The van der Waals surface area contributed by atoms with Crippen LogP contribution in [0.25, 0.3) is 0 Å². The van der Waals surface area contributed by atoms with Crippen molar-refractivity contribution in [3.8, 4) is 0 Å². The third-order valence-corrected chi connectivity index (χ3v) is 9.14. The fourth-order valence-electron chi connectivity index (χ4n) is 5.42. The van der Waals surface area contributed by atoms with Crippen LogP contribution in [0.1, 0.15) is 24.4 Å². The van der Waals surface area contributed by atoms with Gasteiger partial charge in [-0.15, -0.1) is 0 Å². The van der Waals surface area contributed by atoms with Crippen molar-refractivity contribution in [1.82, 2.24) is 14.5 Å². The maximum atomic E-state index is 13.0. The van der Waals surface area contributed by atoms with Gasteiger partial charge in [-0.2, -0.15) is 4.31 Å². The summed E-state index contributed by atoms with van der Waals surface area (Å²) in [5.41, 5.74) is 1.05. The number of nitrogens with zero attached hydrogens (tertiary/aromatic N) is 2. The van der Waals surface area contributed by atoms with E-state index in [9.17, 15) is 13.2 Å². The zero-order chi connectivity index (χ0) is 24.3. The van der Waals surface area contributed by atoms with Gasteiger partial charge in [0.25, 0.3) is 0 Å². The summed E-state index contributed by atoms with van der Waals surface area (Å²) in [4.78, 5) is 15.3. The van der Waals surface area contributed by atoms with Crippen LogP contribution in [0.3, 0.4) is 0 Å². The van der Waals surface area contributed by atoms with Crippen LogP contribution in [0.15, 0.2) is 65.6 Å². The minimum absolute atomic E-state index is 0.151. The molecule has 1 amide bonds. The van der Waals surface area contributed by atoms with Crippen molar-refractivity contribution in [3.05, 3.63) is 66.2 Å². The number of ether oxygens (including phenoxy) is 2. The Kier molecular flexibility index (Phi) is 7.38. The lowest BCUT2D eigenvalue weighted by molar-refractivity contribution is 0.0801. The van der Waals surface area contributed by atoms with E-state index in [1.54, 1.807) is 28.6 Å². The van der Waals surface area contributed by atoms with Gasteiger partial charge < -0.3 is 19.7 Å². The molecule has 3 aliphatic heterocycles. The smallest absolute Gasteiger partial charge is 0.407 e. The Labute approximate surface area is 207 Å². The maximum absolute atomic E-state index is 13.0.